The molecule has 10 heteroatoms. The maximum absolute atomic E-state index is 12.5. The van der Waals surface area contributed by atoms with Gasteiger partial charge >= 0.3 is 6.18 Å². The van der Waals surface area contributed by atoms with Gasteiger partial charge in [-0.05, 0) is 30.3 Å². The van der Waals surface area contributed by atoms with E-state index in [0.717, 1.165) is 12.1 Å². The van der Waals surface area contributed by atoms with Crippen LogP contribution in [-0.2, 0) is 6.18 Å². The second kappa shape index (κ2) is 6.59. The lowest BCUT2D eigenvalue weighted by Gasteiger charge is -2.09. The van der Waals surface area contributed by atoms with Crippen molar-refractivity contribution in [3.8, 4) is 11.6 Å². The number of H-pyrrole nitrogens is 1. The van der Waals surface area contributed by atoms with Gasteiger partial charge in [0, 0.05) is 6.07 Å². The highest BCUT2D eigenvalue weighted by Crippen LogP contribution is 2.31. The number of amides is 1. The Morgan fingerprint density at radius 1 is 1.08 bits per heavy atom. The zero-order chi connectivity index (χ0) is 17.9. The lowest BCUT2D eigenvalue weighted by atomic mass is 10.2. The molecule has 3 aromatic rings. The molecule has 128 valence electrons. The average Bonchev–Trinajstić information content (AvgIpc) is 3.11. The highest BCUT2D eigenvalue weighted by Gasteiger charge is 2.30. The number of carbonyl (C=O) groups is 1. The third-order valence-corrected chi connectivity index (χ3v) is 3.05. The summed E-state index contributed by atoms with van der Waals surface area (Å²) in [5.74, 6) is -0.0916. The summed E-state index contributed by atoms with van der Waals surface area (Å²) in [6.45, 7) is 0. The van der Waals surface area contributed by atoms with E-state index in [1.165, 1.54) is 36.7 Å². The Morgan fingerprint density at radius 2 is 1.84 bits per heavy atom. The van der Waals surface area contributed by atoms with Crippen LogP contribution in [-0.4, -0.2) is 26.3 Å². The van der Waals surface area contributed by atoms with E-state index in [1.807, 2.05) is 0 Å². The van der Waals surface area contributed by atoms with Crippen LogP contribution >= 0.6 is 0 Å². The molecule has 0 saturated carbocycles. The molecule has 1 amide bonds. The fourth-order valence-electron chi connectivity index (χ4n) is 1.85. The number of aromatic amines is 1. The molecule has 0 aliphatic carbocycles. The molecule has 0 atom stereocenters. The minimum Gasteiger partial charge on any atom is -0.439 e. The van der Waals surface area contributed by atoms with Crippen LogP contribution in [0.3, 0.4) is 0 Å². The molecule has 0 bridgehead atoms. The van der Waals surface area contributed by atoms with Gasteiger partial charge in [0.2, 0.25) is 5.88 Å². The van der Waals surface area contributed by atoms with E-state index in [9.17, 15) is 18.0 Å². The first-order chi connectivity index (χ1) is 11.9. The van der Waals surface area contributed by atoms with Crippen molar-refractivity contribution in [1.82, 2.24) is 20.4 Å². The molecule has 2 N–H and O–H groups in total. The summed E-state index contributed by atoms with van der Waals surface area (Å²) in [6, 6.07) is 7.24. The van der Waals surface area contributed by atoms with Crippen LogP contribution in [0.4, 0.5) is 18.9 Å². The van der Waals surface area contributed by atoms with Crippen LogP contribution in [0.5, 0.6) is 11.6 Å². The first-order valence-electron chi connectivity index (χ1n) is 6.90. The molecular weight excluding hydrogens is 339 g/mol. The molecule has 3 rings (SSSR count). The Kier molecular flexibility index (Phi) is 4.33. The average molecular weight is 349 g/mol. The third-order valence-electron chi connectivity index (χ3n) is 3.05. The number of ether oxygens (including phenoxy) is 1. The van der Waals surface area contributed by atoms with Gasteiger partial charge in [-0.15, -0.1) is 0 Å². The van der Waals surface area contributed by atoms with Crippen molar-refractivity contribution in [2.24, 2.45) is 0 Å². The van der Waals surface area contributed by atoms with Crippen LogP contribution in [0.2, 0.25) is 0 Å². The van der Waals surface area contributed by atoms with Gasteiger partial charge in [-0.25, -0.2) is 4.98 Å². The summed E-state index contributed by atoms with van der Waals surface area (Å²) in [7, 11) is 0. The molecule has 0 fully saturated rings. The Labute approximate surface area is 138 Å². The van der Waals surface area contributed by atoms with E-state index in [1.54, 1.807) is 0 Å². The Hall–Kier alpha value is -3.43. The molecule has 0 spiro atoms. The number of rotatable bonds is 4. The molecule has 2 heterocycles. The number of hydrogen-bond donors (Lipinski definition) is 2. The van der Waals surface area contributed by atoms with Crippen molar-refractivity contribution in [2.75, 3.05) is 5.32 Å². The van der Waals surface area contributed by atoms with Crippen molar-refractivity contribution in [2.45, 2.75) is 6.18 Å². The number of carbonyl (C=O) groups excluding carboxylic acids is 1. The second-order valence-electron chi connectivity index (χ2n) is 4.82. The predicted molar refractivity (Wildman–Crippen MR) is 80.1 cm³/mol. The van der Waals surface area contributed by atoms with Gasteiger partial charge in [0.25, 0.3) is 5.91 Å². The van der Waals surface area contributed by atoms with E-state index in [4.69, 9.17) is 4.74 Å². The fraction of sp³-hybridized carbons (Fsp3) is 0.0667. The van der Waals surface area contributed by atoms with Gasteiger partial charge in [0.05, 0.1) is 23.6 Å². The minimum atomic E-state index is -4.40. The van der Waals surface area contributed by atoms with Crippen LogP contribution in [0.15, 0.2) is 48.8 Å². The standard InChI is InChI=1S/C15H10F3N5O2/c16-15(17,18)9-1-4-11(5-2-9)25-13-6-3-10(7-19-13)21-14(24)12-8-20-23-22-12/h1-8H,(H,21,24)(H,20,22,23). The lowest BCUT2D eigenvalue weighted by Crippen LogP contribution is -2.12. The highest BCUT2D eigenvalue weighted by atomic mass is 19.4. The number of alkyl halides is 3. The minimum absolute atomic E-state index is 0.116. The van der Waals surface area contributed by atoms with Gasteiger partial charge in [-0.3, -0.25) is 4.79 Å². The number of nitrogens with zero attached hydrogens (tertiary/aromatic N) is 3. The van der Waals surface area contributed by atoms with Gasteiger partial charge in [0.1, 0.15) is 5.75 Å². The maximum Gasteiger partial charge on any atom is 0.416 e. The summed E-state index contributed by atoms with van der Waals surface area (Å²) in [6.07, 6.45) is -1.79. The summed E-state index contributed by atoms with van der Waals surface area (Å²) < 4.78 is 42.9. The van der Waals surface area contributed by atoms with Gasteiger partial charge in [-0.1, -0.05) is 0 Å². The monoisotopic (exact) mass is 349 g/mol. The molecule has 0 radical (unpaired) electrons. The topological polar surface area (TPSA) is 92.8 Å². The molecule has 0 aliphatic rings. The third kappa shape index (κ3) is 4.10. The number of halogens is 3. The number of benzene rings is 1. The van der Waals surface area contributed by atoms with E-state index < -0.39 is 17.6 Å². The Bertz CT molecular complexity index is 846. The summed E-state index contributed by atoms with van der Waals surface area (Å²) in [5.41, 5.74) is -0.253. The van der Waals surface area contributed by atoms with Crippen LogP contribution in [0.25, 0.3) is 0 Å². The fourth-order valence-corrected chi connectivity index (χ4v) is 1.85. The largest absolute Gasteiger partial charge is 0.439 e. The number of hydrogen-bond acceptors (Lipinski definition) is 5. The molecule has 25 heavy (non-hydrogen) atoms. The van der Waals surface area contributed by atoms with E-state index in [0.29, 0.717) is 5.69 Å². The normalized spacial score (nSPS) is 11.2. The van der Waals surface area contributed by atoms with Crippen LogP contribution in [0.1, 0.15) is 16.1 Å². The van der Waals surface area contributed by atoms with E-state index in [-0.39, 0.29) is 17.3 Å². The first kappa shape index (κ1) is 16.4. The molecule has 7 nitrogen and oxygen atoms in total. The van der Waals surface area contributed by atoms with Crippen molar-refractivity contribution in [3.05, 3.63) is 60.0 Å². The first-order valence-corrected chi connectivity index (χ1v) is 6.90. The van der Waals surface area contributed by atoms with Gasteiger partial charge < -0.3 is 10.1 Å². The Morgan fingerprint density at radius 3 is 2.40 bits per heavy atom. The molecule has 2 aromatic heterocycles. The van der Waals surface area contributed by atoms with Crippen molar-refractivity contribution in [3.63, 3.8) is 0 Å². The van der Waals surface area contributed by atoms with Crippen molar-refractivity contribution >= 4 is 11.6 Å². The van der Waals surface area contributed by atoms with Gasteiger partial charge in [-0.2, -0.15) is 28.6 Å². The zero-order valence-corrected chi connectivity index (χ0v) is 12.4. The predicted octanol–water partition coefficient (Wildman–Crippen LogP) is 3.26. The smallest absolute Gasteiger partial charge is 0.416 e. The highest BCUT2D eigenvalue weighted by molar-refractivity contribution is 6.02. The summed E-state index contributed by atoms with van der Waals surface area (Å²) >= 11 is 0. The summed E-state index contributed by atoms with van der Waals surface area (Å²) in [5, 5.41) is 12.0. The van der Waals surface area contributed by atoms with E-state index in [2.05, 4.69) is 25.7 Å². The lowest BCUT2D eigenvalue weighted by molar-refractivity contribution is -0.137. The Balaban J connectivity index is 1.63. The van der Waals surface area contributed by atoms with Crippen molar-refractivity contribution in [1.29, 1.82) is 0 Å². The second-order valence-corrected chi connectivity index (χ2v) is 4.82. The van der Waals surface area contributed by atoms with Gasteiger partial charge in [0.15, 0.2) is 5.69 Å². The summed E-state index contributed by atoms with van der Waals surface area (Å²) in [4.78, 5) is 15.8. The molecular formula is C15H10F3N5O2. The molecule has 0 saturated heterocycles. The molecule has 0 unspecified atom stereocenters. The van der Waals surface area contributed by atoms with E-state index >= 15 is 0 Å². The molecule has 1 aromatic carbocycles. The van der Waals surface area contributed by atoms with Crippen LogP contribution in [0, 0.1) is 0 Å². The SMILES string of the molecule is O=C(Nc1ccc(Oc2ccc(C(F)(F)F)cc2)nc1)c1cn[nH]n1. The number of pyridine rings is 1. The van der Waals surface area contributed by atoms with Crippen LogP contribution < -0.4 is 10.1 Å². The number of nitrogens with one attached hydrogen (secondary N) is 2. The maximum atomic E-state index is 12.5. The zero-order valence-electron chi connectivity index (χ0n) is 12.4. The number of aromatic nitrogens is 4. The number of anilines is 1. The van der Waals surface area contributed by atoms with Crippen molar-refractivity contribution < 1.29 is 22.7 Å². The molecule has 0 aliphatic heterocycles. The quantitative estimate of drug-likeness (QED) is 0.754.